The van der Waals surface area contributed by atoms with Gasteiger partial charge in [0.2, 0.25) is 0 Å². The SMILES string of the molecule is CC(C)(C)[Si](OCC1CC(=O)CN1C(=O)O)(c1ccccc1)c1ccccc1. The molecule has 2 aromatic carbocycles. The Bertz CT molecular complexity index is 793. The van der Waals surface area contributed by atoms with Crippen LogP contribution in [-0.2, 0) is 9.22 Å². The highest BCUT2D eigenvalue weighted by atomic mass is 28.4. The van der Waals surface area contributed by atoms with Crippen molar-refractivity contribution in [1.29, 1.82) is 0 Å². The van der Waals surface area contributed by atoms with E-state index in [9.17, 15) is 14.7 Å². The highest BCUT2D eigenvalue weighted by Gasteiger charge is 2.51. The van der Waals surface area contributed by atoms with Crippen molar-refractivity contribution in [2.24, 2.45) is 0 Å². The third kappa shape index (κ3) is 3.75. The Hall–Kier alpha value is -2.44. The fraction of sp³-hybridized carbons (Fsp3) is 0.364. The molecule has 1 saturated heterocycles. The standard InChI is InChI=1S/C22H27NO4Si/c1-22(2,3)28(19-10-6-4-7-11-19,20-12-8-5-9-13-20)27-16-17-14-18(24)15-23(17)21(25)26/h4-13,17H,14-16H2,1-3H3,(H,25,26). The van der Waals surface area contributed by atoms with Crippen molar-refractivity contribution in [1.82, 2.24) is 4.90 Å². The minimum atomic E-state index is -2.73. The molecular formula is C22H27NO4Si. The van der Waals surface area contributed by atoms with Gasteiger partial charge in [-0.05, 0) is 15.4 Å². The van der Waals surface area contributed by atoms with Crippen LogP contribution in [0, 0.1) is 0 Å². The van der Waals surface area contributed by atoms with Crippen molar-refractivity contribution in [2.45, 2.75) is 38.3 Å². The van der Waals surface area contributed by atoms with E-state index in [0.29, 0.717) is 0 Å². The van der Waals surface area contributed by atoms with Gasteiger partial charge in [0.15, 0.2) is 5.78 Å². The summed E-state index contributed by atoms with van der Waals surface area (Å²) < 4.78 is 6.76. The summed E-state index contributed by atoms with van der Waals surface area (Å²) in [6.45, 7) is 6.69. The normalized spacial score (nSPS) is 17.8. The number of benzene rings is 2. The number of rotatable bonds is 5. The zero-order chi connectivity index (χ0) is 20.4. The highest BCUT2D eigenvalue weighted by Crippen LogP contribution is 2.37. The third-order valence-electron chi connectivity index (χ3n) is 5.41. The molecule has 1 amide bonds. The maximum atomic E-state index is 11.9. The average molecular weight is 398 g/mol. The van der Waals surface area contributed by atoms with Gasteiger partial charge in [0.05, 0.1) is 19.2 Å². The van der Waals surface area contributed by atoms with E-state index >= 15 is 0 Å². The molecule has 1 fully saturated rings. The van der Waals surface area contributed by atoms with Gasteiger partial charge < -0.3 is 9.53 Å². The zero-order valence-electron chi connectivity index (χ0n) is 16.6. The predicted octanol–water partition coefficient (Wildman–Crippen LogP) is 2.88. The van der Waals surface area contributed by atoms with Crippen molar-refractivity contribution in [3.63, 3.8) is 0 Å². The second kappa shape index (κ2) is 7.89. The monoisotopic (exact) mass is 397 g/mol. The van der Waals surface area contributed by atoms with E-state index in [1.807, 2.05) is 36.4 Å². The molecule has 1 aliphatic heterocycles. The van der Waals surface area contributed by atoms with Crippen LogP contribution in [-0.4, -0.2) is 49.4 Å². The topological polar surface area (TPSA) is 66.8 Å². The van der Waals surface area contributed by atoms with Crippen LogP contribution in [0.3, 0.4) is 0 Å². The van der Waals surface area contributed by atoms with Gasteiger partial charge in [-0.25, -0.2) is 4.79 Å². The van der Waals surface area contributed by atoms with E-state index < -0.39 is 20.5 Å². The molecule has 0 aliphatic carbocycles. The number of carbonyl (C=O) groups excluding carboxylic acids is 1. The van der Waals surface area contributed by atoms with Gasteiger partial charge in [-0.1, -0.05) is 81.4 Å². The number of amides is 1. The van der Waals surface area contributed by atoms with Gasteiger partial charge >= 0.3 is 6.09 Å². The van der Waals surface area contributed by atoms with Crippen molar-refractivity contribution in [3.8, 4) is 0 Å². The molecule has 0 aromatic heterocycles. The van der Waals surface area contributed by atoms with Crippen LogP contribution in [0.1, 0.15) is 27.2 Å². The van der Waals surface area contributed by atoms with Crippen LogP contribution < -0.4 is 10.4 Å². The molecule has 5 nitrogen and oxygen atoms in total. The minimum absolute atomic E-state index is 0.0515. The lowest BCUT2D eigenvalue weighted by atomic mass is 10.2. The van der Waals surface area contributed by atoms with Gasteiger partial charge in [0, 0.05) is 6.42 Å². The first-order valence-electron chi connectivity index (χ1n) is 9.52. The maximum Gasteiger partial charge on any atom is 0.408 e. The summed E-state index contributed by atoms with van der Waals surface area (Å²) in [5.41, 5.74) is 0. The van der Waals surface area contributed by atoms with E-state index in [1.165, 1.54) is 4.90 Å². The number of carboxylic acid groups (broad SMARTS) is 1. The molecule has 2 aromatic rings. The van der Waals surface area contributed by atoms with Crippen molar-refractivity contribution in [2.75, 3.05) is 13.2 Å². The Balaban J connectivity index is 2.04. The highest BCUT2D eigenvalue weighted by molar-refractivity contribution is 6.99. The molecule has 0 radical (unpaired) electrons. The van der Waals surface area contributed by atoms with Crippen LogP contribution in [0.4, 0.5) is 4.79 Å². The molecule has 0 saturated carbocycles. The number of nitrogens with zero attached hydrogens (tertiary/aromatic N) is 1. The summed E-state index contributed by atoms with van der Waals surface area (Å²) in [7, 11) is -2.73. The second-order valence-corrected chi connectivity index (χ2v) is 12.6. The molecule has 1 aliphatic rings. The molecule has 148 valence electrons. The van der Waals surface area contributed by atoms with E-state index in [0.717, 1.165) is 10.4 Å². The number of Topliss-reactive ketones (excluding diaryl/α,β-unsaturated/α-hetero) is 1. The smallest absolute Gasteiger partial charge is 0.408 e. The Morgan fingerprint density at radius 1 is 1.07 bits per heavy atom. The van der Waals surface area contributed by atoms with Gasteiger partial charge in [-0.2, -0.15) is 0 Å². The van der Waals surface area contributed by atoms with Crippen LogP contribution >= 0.6 is 0 Å². The molecular weight excluding hydrogens is 370 g/mol. The first-order chi connectivity index (χ1) is 13.3. The molecule has 1 heterocycles. The summed E-state index contributed by atoms with van der Waals surface area (Å²) in [4.78, 5) is 24.6. The average Bonchev–Trinajstić information content (AvgIpc) is 3.04. The number of carbonyl (C=O) groups is 2. The van der Waals surface area contributed by atoms with E-state index in [1.54, 1.807) is 0 Å². The number of hydrogen-bond acceptors (Lipinski definition) is 3. The Kier molecular flexibility index (Phi) is 5.72. The van der Waals surface area contributed by atoms with E-state index in [4.69, 9.17) is 4.43 Å². The molecule has 6 heteroatoms. The number of hydrogen-bond donors (Lipinski definition) is 1. The van der Waals surface area contributed by atoms with E-state index in [2.05, 4.69) is 45.0 Å². The molecule has 1 atom stereocenters. The summed E-state index contributed by atoms with van der Waals surface area (Å²) in [6.07, 6.45) is -0.855. The van der Waals surface area contributed by atoms with Crippen molar-refractivity contribution >= 4 is 30.6 Å². The quantitative estimate of drug-likeness (QED) is 0.788. The van der Waals surface area contributed by atoms with Crippen LogP contribution in [0.2, 0.25) is 5.04 Å². The van der Waals surface area contributed by atoms with Crippen LogP contribution in [0.15, 0.2) is 60.7 Å². The summed E-state index contributed by atoms with van der Waals surface area (Å²) in [5.74, 6) is -0.0570. The Morgan fingerprint density at radius 3 is 2.00 bits per heavy atom. The molecule has 28 heavy (non-hydrogen) atoms. The zero-order valence-corrected chi connectivity index (χ0v) is 17.6. The van der Waals surface area contributed by atoms with Gasteiger partial charge in [-0.3, -0.25) is 9.69 Å². The molecule has 1 unspecified atom stereocenters. The van der Waals surface area contributed by atoms with Gasteiger partial charge in [0.25, 0.3) is 8.32 Å². The fourth-order valence-corrected chi connectivity index (χ4v) is 8.71. The molecule has 3 rings (SSSR count). The summed E-state index contributed by atoms with van der Waals surface area (Å²) >= 11 is 0. The van der Waals surface area contributed by atoms with Gasteiger partial charge in [-0.15, -0.1) is 0 Å². The predicted molar refractivity (Wildman–Crippen MR) is 112 cm³/mol. The number of likely N-dealkylation sites (tertiary alicyclic amines) is 1. The molecule has 0 bridgehead atoms. The summed E-state index contributed by atoms with van der Waals surface area (Å²) in [6, 6.07) is 20.0. The minimum Gasteiger partial charge on any atom is -0.465 e. The van der Waals surface area contributed by atoms with Crippen molar-refractivity contribution < 1.29 is 19.1 Å². The lowest BCUT2D eigenvalue weighted by Gasteiger charge is -2.43. The van der Waals surface area contributed by atoms with Crippen LogP contribution in [0.5, 0.6) is 0 Å². The first kappa shape index (κ1) is 20.3. The summed E-state index contributed by atoms with van der Waals surface area (Å²) in [5, 5.41) is 11.5. The fourth-order valence-electron chi connectivity index (χ4n) is 4.11. The molecule has 1 N–H and O–H groups in total. The first-order valence-corrected chi connectivity index (χ1v) is 11.4. The third-order valence-corrected chi connectivity index (χ3v) is 10.4. The van der Waals surface area contributed by atoms with E-state index in [-0.39, 0.29) is 30.4 Å². The largest absolute Gasteiger partial charge is 0.465 e. The van der Waals surface area contributed by atoms with Crippen molar-refractivity contribution in [3.05, 3.63) is 60.7 Å². The lowest BCUT2D eigenvalue weighted by molar-refractivity contribution is -0.116. The second-order valence-electron chi connectivity index (χ2n) is 8.28. The Morgan fingerprint density at radius 2 is 1.57 bits per heavy atom. The lowest BCUT2D eigenvalue weighted by Crippen LogP contribution is -2.67. The molecule has 0 spiro atoms. The van der Waals surface area contributed by atoms with Crippen LogP contribution in [0.25, 0.3) is 0 Å². The maximum absolute atomic E-state index is 11.9. The Labute approximate surface area is 167 Å². The number of ketones is 1. The van der Waals surface area contributed by atoms with Gasteiger partial charge in [0.1, 0.15) is 0 Å².